The average molecular weight is 307 g/mol. The van der Waals surface area contributed by atoms with Gasteiger partial charge in [0.1, 0.15) is 5.69 Å². The third kappa shape index (κ3) is 4.09. The first-order valence-corrected chi connectivity index (χ1v) is 8.18. The van der Waals surface area contributed by atoms with Gasteiger partial charge in [-0.2, -0.15) is 0 Å². The van der Waals surface area contributed by atoms with E-state index in [0.29, 0.717) is 18.3 Å². The SMILES string of the molecule is O=C(NCCC1CN(C2CCOCC2)CCO1)c1ccc[nH]1. The number of carbonyl (C=O) groups is 1. The van der Waals surface area contributed by atoms with Crippen molar-refractivity contribution in [3.8, 4) is 0 Å². The van der Waals surface area contributed by atoms with E-state index < -0.39 is 0 Å². The molecule has 2 aliphatic rings. The molecule has 22 heavy (non-hydrogen) atoms. The number of nitrogens with zero attached hydrogens (tertiary/aromatic N) is 1. The molecule has 2 fully saturated rings. The molecule has 0 aromatic carbocycles. The number of amides is 1. The minimum atomic E-state index is -0.0536. The molecule has 6 heteroatoms. The van der Waals surface area contributed by atoms with E-state index in [1.54, 1.807) is 12.3 Å². The van der Waals surface area contributed by atoms with Gasteiger partial charge >= 0.3 is 0 Å². The van der Waals surface area contributed by atoms with Gasteiger partial charge in [-0.15, -0.1) is 0 Å². The van der Waals surface area contributed by atoms with Gasteiger partial charge in [0, 0.05) is 45.1 Å². The number of hydrogen-bond acceptors (Lipinski definition) is 4. The number of carbonyl (C=O) groups excluding carboxylic acids is 1. The molecule has 2 aliphatic heterocycles. The van der Waals surface area contributed by atoms with Crippen molar-refractivity contribution in [2.75, 3.05) is 39.5 Å². The zero-order valence-corrected chi connectivity index (χ0v) is 12.9. The van der Waals surface area contributed by atoms with Crippen LogP contribution in [0.2, 0.25) is 0 Å². The fraction of sp³-hybridized carbons (Fsp3) is 0.688. The lowest BCUT2D eigenvalue weighted by Crippen LogP contribution is -2.50. The monoisotopic (exact) mass is 307 g/mol. The van der Waals surface area contributed by atoms with Crippen LogP contribution in [0.25, 0.3) is 0 Å². The number of rotatable bonds is 5. The highest BCUT2D eigenvalue weighted by atomic mass is 16.5. The quantitative estimate of drug-likeness (QED) is 0.852. The van der Waals surface area contributed by atoms with Gasteiger partial charge in [-0.1, -0.05) is 0 Å². The van der Waals surface area contributed by atoms with Crippen molar-refractivity contribution >= 4 is 5.91 Å². The highest BCUT2D eigenvalue weighted by Gasteiger charge is 2.27. The van der Waals surface area contributed by atoms with Crippen LogP contribution in [0.3, 0.4) is 0 Å². The summed E-state index contributed by atoms with van der Waals surface area (Å²) in [4.78, 5) is 17.3. The van der Waals surface area contributed by atoms with E-state index in [-0.39, 0.29) is 12.0 Å². The van der Waals surface area contributed by atoms with Crippen LogP contribution in [0, 0.1) is 0 Å². The van der Waals surface area contributed by atoms with Gasteiger partial charge in [0.25, 0.3) is 5.91 Å². The van der Waals surface area contributed by atoms with Gasteiger partial charge in [-0.3, -0.25) is 9.69 Å². The maximum atomic E-state index is 11.9. The van der Waals surface area contributed by atoms with Gasteiger partial charge in [-0.05, 0) is 31.4 Å². The van der Waals surface area contributed by atoms with Crippen molar-refractivity contribution in [1.82, 2.24) is 15.2 Å². The molecule has 2 saturated heterocycles. The second-order valence-corrected chi connectivity index (χ2v) is 5.96. The fourth-order valence-electron chi connectivity index (χ4n) is 3.21. The molecule has 1 unspecified atom stereocenters. The van der Waals surface area contributed by atoms with Crippen LogP contribution >= 0.6 is 0 Å². The second kappa shape index (κ2) is 7.76. The van der Waals surface area contributed by atoms with Crippen molar-refractivity contribution in [3.63, 3.8) is 0 Å². The Hall–Kier alpha value is -1.37. The molecule has 0 spiro atoms. The zero-order chi connectivity index (χ0) is 15.2. The zero-order valence-electron chi connectivity index (χ0n) is 12.9. The van der Waals surface area contributed by atoms with E-state index in [4.69, 9.17) is 9.47 Å². The van der Waals surface area contributed by atoms with Crippen LogP contribution in [0.15, 0.2) is 18.3 Å². The van der Waals surface area contributed by atoms with Gasteiger partial charge in [0.05, 0.1) is 12.7 Å². The number of aromatic nitrogens is 1. The number of aromatic amines is 1. The van der Waals surface area contributed by atoms with Crippen molar-refractivity contribution < 1.29 is 14.3 Å². The van der Waals surface area contributed by atoms with Gasteiger partial charge < -0.3 is 19.8 Å². The summed E-state index contributed by atoms with van der Waals surface area (Å²) >= 11 is 0. The molecule has 1 aromatic heterocycles. The lowest BCUT2D eigenvalue weighted by molar-refractivity contribution is -0.0636. The predicted molar refractivity (Wildman–Crippen MR) is 82.9 cm³/mol. The summed E-state index contributed by atoms with van der Waals surface area (Å²) < 4.78 is 11.3. The first kappa shape index (κ1) is 15.5. The van der Waals surface area contributed by atoms with Crippen LogP contribution in [0.4, 0.5) is 0 Å². The van der Waals surface area contributed by atoms with Crippen LogP contribution in [0.1, 0.15) is 29.8 Å². The third-order valence-corrected chi connectivity index (χ3v) is 4.47. The Balaban J connectivity index is 1.39. The van der Waals surface area contributed by atoms with E-state index in [0.717, 1.165) is 52.2 Å². The Morgan fingerprint density at radius 2 is 2.23 bits per heavy atom. The normalized spacial score (nSPS) is 24.3. The van der Waals surface area contributed by atoms with E-state index in [1.807, 2.05) is 6.07 Å². The molecular weight excluding hydrogens is 282 g/mol. The Bertz CT molecular complexity index is 457. The molecule has 6 nitrogen and oxygen atoms in total. The maximum absolute atomic E-state index is 11.9. The van der Waals surface area contributed by atoms with Gasteiger partial charge in [-0.25, -0.2) is 0 Å². The van der Waals surface area contributed by atoms with Crippen LogP contribution in [-0.4, -0.2) is 67.4 Å². The maximum Gasteiger partial charge on any atom is 0.267 e. The molecule has 1 amide bonds. The van der Waals surface area contributed by atoms with Crippen LogP contribution < -0.4 is 5.32 Å². The molecule has 122 valence electrons. The molecule has 3 heterocycles. The summed E-state index contributed by atoms with van der Waals surface area (Å²) in [5.74, 6) is -0.0536. The molecule has 0 radical (unpaired) electrons. The smallest absolute Gasteiger partial charge is 0.267 e. The molecule has 2 N–H and O–H groups in total. The largest absolute Gasteiger partial charge is 0.381 e. The summed E-state index contributed by atoms with van der Waals surface area (Å²) in [6, 6.07) is 4.23. The summed E-state index contributed by atoms with van der Waals surface area (Å²) in [5, 5.41) is 2.94. The summed E-state index contributed by atoms with van der Waals surface area (Å²) in [7, 11) is 0. The van der Waals surface area contributed by atoms with E-state index in [2.05, 4.69) is 15.2 Å². The van der Waals surface area contributed by atoms with Crippen molar-refractivity contribution in [1.29, 1.82) is 0 Å². The topological polar surface area (TPSA) is 66.6 Å². The Labute approximate surface area is 131 Å². The van der Waals surface area contributed by atoms with E-state index in [9.17, 15) is 4.79 Å². The first-order valence-electron chi connectivity index (χ1n) is 8.18. The van der Waals surface area contributed by atoms with Crippen molar-refractivity contribution in [2.45, 2.75) is 31.4 Å². The predicted octanol–water partition coefficient (Wildman–Crippen LogP) is 1.01. The standard InChI is InChI=1S/C16H25N3O3/c20-16(15-2-1-6-17-15)18-7-3-14-12-19(8-11-22-14)13-4-9-21-10-5-13/h1-2,6,13-14,17H,3-5,7-12H2,(H,18,20). The minimum absolute atomic E-state index is 0.0536. The highest BCUT2D eigenvalue weighted by Crippen LogP contribution is 2.18. The molecular formula is C16H25N3O3. The average Bonchev–Trinajstić information content (AvgIpc) is 3.10. The number of nitrogens with one attached hydrogen (secondary N) is 2. The van der Waals surface area contributed by atoms with Gasteiger partial charge in [0.2, 0.25) is 0 Å². The highest BCUT2D eigenvalue weighted by molar-refractivity contribution is 5.92. The number of H-pyrrole nitrogens is 1. The molecule has 1 atom stereocenters. The summed E-state index contributed by atoms with van der Waals surface area (Å²) in [6.45, 7) is 5.15. The summed E-state index contributed by atoms with van der Waals surface area (Å²) in [5.41, 5.74) is 0.605. The Morgan fingerprint density at radius 3 is 3.00 bits per heavy atom. The van der Waals surface area contributed by atoms with E-state index in [1.165, 1.54) is 0 Å². The van der Waals surface area contributed by atoms with Crippen molar-refractivity contribution in [2.24, 2.45) is 0 Å². The first-order chi connectivity index (χ1) is 10.8. The van der Waals surface area contributed by atoms with Crippen molar-refractivity contribution in [3.05, 3.63) is 24.0 Å². The Kier molecular flexibility index (Phi) is 5.48. The number of morpholine rings is 1. The fourth-order valence-corrected chi connectivity index (χ4v) is 3.21. The second-order valence-electron chi connectivity index (χ2n) is 5.96. The third-order valence-electron chi connectivity index (χ3n) is 4.47. The van der Waals surface area contributed by atoms with Gasteiger partial charge in [0.15, 0.2) is 0 Å². The number of ether oxygens (including phenoxy) is 2. The molecule has 3 rings (SSSR count). The minimum Gasteiger partial charge on any atom is -0.381 e. The lowest BCUT2D eigenvalue weighted by Gasteiger charge is -2.39. The van der Waals surface area contributed by atoms with Crippen LogP contribution in [0.5, 0.6) is 0 Å². The lowest BCUT2D eigenvalue weighted by atomic mass is 10.1. The Morgan fingerprint density at radius 1 is 1.36 bits per heavy atom. The summed E-state index contributed by atoms with van der Waals surface area (Å²) in [6.07, 6.45) is 5.06. The van der Waals surface area contributed by atoms with Crippen LogP contribution in [-0.2, 0) is 9.47 Å². The molecule has 0 saturated carbocycles. The molecule has 0 bridgehead atoms. The number of hydrogen-bond donors (Lipinski definition) is 2. The van der Waals surface area contributed by atoms with E-state index >= 15 is 0 Å². The molecule has 0 aliphatic carbocycles. The molecule has 1 aromatic rings.